The third-order valence-corrected chi connectivity index (χ3v) is 2.37. The van der Waals surface area contributed by atoms with Gasteiger partial charge >= 0.3 is 0 Å². The summed E-state index contributed by atoms with van der Waals surface area (Å²) in [6.07, 6.45) is 4.87. The van der Waals surface area contributed by atoms with E-state index in [-0.39, 0.29) is 6.04 Å². The van der Waals surface area contributed by atoms with E-state index in [1.54, 1.807) is 0 Å². The Balaban J connectivity index is 2.38. The molecule has 0 aromatic carbocycles. The topological polar surface area (TPSA) is 27.0 Å². The molecule has 1 saturated heterocycles. The van der Waals surface area contributed by atoms with Gasteiger partial charge in [0.05, 0.1) is 12.1 Å². The van der Waals surface area contributed by atoms with Gasteiger partial charge in [0.2, 0.25) is 0 Å². The average molecular weight is 152 g/mol. The summed E-state index contributed by atoms with van der Waals surface area (Å²) in [5, 5.41) is 8.79. The molecular weight excluding hydrogens is 136 g/mol. The Bertz CT molecular complexity index is 142. The summed E-state index contributed by atoms with van der Waals surface area (Å²) < 4.78 is 0. The maximum Gasteiger partial charge on any atom is 0.0975 e. The van der Waals surface area contributed by atoms with Gasteiger partial charge in [0.15, 0.2) is 0 Å². The van der Waals surface area contributed by atoms with E-state index in [4.69, 9.17) is 5.26 Å². The first-order valence-corrected chi connectivity index (χ1v) is 4.52. The summed E-state index contributed by atoms with van der Waals surface area (Å²) in [6, 6.07) is 2.52. The minimum Gasteiger partial charge on any atom is -0.288 e. The maximum absolute atomic E-state index is 8.79. The number of rotatable bonds is 2. The van der Waals surface area contributed by atoms with Crippen molar-refractivity contribution in [2.45, 2.75) is 38.6 Å². The van der Waals surface area contributed by atoms with Gasteiger partial charge in [-0.15, -0.1) is 0 Å². The molecule has 2 nitrogen and oxygen atoms in total. The summed E-state index contributed by atoms with van der Waals surface area (Å²) in [6.45, 7) is 4.35. The number of piperidine rings is 1. The van der Waals surface area contributed by atoms with Gasteiger partial charge in [-0.1, -0.05) is 13.3 Å². The van der Waals surface area contributed by atoms with Crippen molar-refractivity contribution in [3.63, 3.8) is 0 Å². The van der Waals surface area contributed by atoms with Crippen LogP contribution in [0.5, 0.6) is 0 Å². The number of nitriles is 1. The predicted octanol–water partition coefficient (Wildman–Crippen LogP) is 1.77. The molecule has 1 aliphatic rings. The monoisotopic (exact) mass is 152 g/mol. The number of nitrogens with zero attached hydrogens (tertiary/aromatic N) is 2. The Morgan fingerprint density at radius 3 is 2.45 bits per heavy atom. The molecule has 2 heteroatoms. The fourth-order valence-electron chi connectivity index (χ4n) is 1.66. The zero-order valence-electron chi connectivity index (χ0n) is 7.21. The van der Waals surface area contributed by atoms with E-state index in [1.807, 2.05) is 0 Å². The molecule has 1 rings (SSSR count). The zero-order valence-corrected chi connectivity index (χ0v) is 7.21. The van der Waals surface area contributed by atoms with Crippen molar-refractivity contribution in [3.8, 4) is 6.07 Å². The normalized spacial score (nSPS) is 22.5. The van der Waals surface area contributed by atoms with Crippen LogP contribution in [0.4, 0.5) is 0 Å². The lowest BCUT2D eigenvalue weighted by molar-refractivity contribution is 0.191. The quantitative estimate of drug-likeness (QED) is 0.603. The molecule has 11 heavy (non-hydrogen) atoms. The average Bonchev–Trinajstić information content (AvgIpc) is 2.09. The van der Waals surface area contributed by atoms with Gasteiger partial charge in [-0.25, -0.2) is 0 Å². The molecule has 0 saturated carbocycles. The minimum absolute atomic E-state index is 0.176. The van der Waals surface area contributed by atoms with Crippen molar-refractivity contribution >= 4 is 0 Å². The summed E-state index contributed by atoms with van der Waals surface area (Å²) >= 11 is 0. The number of hydrogen-bond donors (Lipinski definition) is 0. The van der Waals surface area contributed by atoms with E-state index < -0.39 is 0 Å². The van der Waals surface area contributed by atoms with Gasteiger partial charge in [0, 0.05) is 0 Å². The lowest BCUT2D eigenvalue weighted by Crippen LogP contribution is -2.37. The van der Waals surface area contributed by atoms with E-state index in [0.717, 1.165) is 19.5 Å². The molecule has 0 aliphatic carbocycles. The van der Waals surface area contributed by atoms with Gasteiger partial charge in [0.1, 0.15) is 0 Å². The van der Waals surface area contributed by atoms with Crippen molar-refractivity contribution in [3.05, 3.63) is 0 Å². The highest BCUT2D eigenvalue weighted by atomic mass is 15.2. The second-order valence-corrected chi connectivity index (χ2v) is 3.15. The first-order valence-electron chi connectivity index (χ1n) is 4.52. The Morgan fingerprint density at radius 1 is 1.36 bits per heavy atom. The van der Waals surface area contributed by atoms with E-state index in [0.29, 0.717) is 0 Å². The molecule has 1 fully saturated rings. The van der Waals surface area contributed by atoms with Gasteiger partial charge in [-0.3, -0.25) is 4.90 Å². The fraction of sp³-hybridized carbons (Fsp3) is 0.889. The van der Waals surface area contributed by atoms with Crippen LogP contribution in [0, 0.1) is 11.3 Å². The summed E-state index contributed by atoms with van der Waals surface area (Å²) in [7, 11) is 0. The lowest BCUT2D eigenvalue weighted by Gasteiger charge is -2.29. The van der Waals surface area contributed by atoms with E-state index in [1.165, 1.54) is 19.3 Å². The Labute approximate surface area is 68.8 Å². The van der Waals surface area contributed by atoms with Crippen molar-refractivity contribution in [1.29, 1.82) is 5.26 Å². The summed E-state index contributed by atoms with van der Waals surface area (Å²) in [5.74, 6) is 0. The van der Waals surface area contributed by atoms with Crippen molar-refractivity contribution in [2.24, 2.45) is 0 Å². The molecule has 0 aromatic heterocycles. The van der Waals surface area contributed by atoms with Crippen molar-refractivity contribution < 1.29 is 0 Å². The van der Waals surface area contributed by atoms with Crippen LogP contribution in [0.3, 0.4) is 0 Å². The molecule has 0 radical (unpaired) electrons. The van der Waals surface area contributed by atoms with Crippen LogP contribution < -0.4 is 0 Å². The van der Waals surface area contributed by atoms with E-state index >= 15 is 0 Å². The fourth-order valence-corrected chi connectivity index (χ4v) is 1.66. The Hall–Kier alpha value is -0.550. The summed E-state index contributed by atoms with van der Waals surface area (Å²) in [5.41, 5.74) is 0. The smallest absolute Gasteiger partial charge is 0.0975 e. The van der Waals surface area contributed by atoms with Gasteiger partial charge in [-0.2, -0.15) is 5.26 Å². The molecule has 0 aromatic rings. The third-order valence-electron chi connectivity index (χ3n) is 2.37. The molecule has 1 unspecified atom stereocenters. The molecule has 1 heterocycles. The lowest BCUT2D eigenvalue weighted by atomic mass is 10.1. The first kappa shape index (κ1) is 8.55. The highest BCUT2D eigenvalue weighted by Gasteiger charge is 2.17. The van der Waals surface area contributed by atoms with E-state index in [2.05, 4.69) is 17.9 Å². The van der Waals surface area contributed by atoms with Crippen LogP contribution in [-0.2, 0) is 0 Å². The van der Waals surface area contributed by atoms with E-state index in [9.17, 15) is 0 Å². The zero-order chi connectivity index (χ0) is 8.10. The SMILES string of the molecule is CCC(C#N)N1CCCCC1. The maximum atomic E-state index is 8.79. The molecule has 0 bridgehead atoms. The molecule has 62 valence electrons. The molecular formula is C9H16N2. The van der Waals surface area contributed by atoms with Crippen molar-refractivity contribution in [2.75, 3.05) is 13.1 Å². The highest BCUT2D eigenvalue weighted by molar-refractivity contribution is 4.91. The standard InChI is InChI=1S/C9H16N2/c1-2-9(8-10)11-6-4-3-5-7-11/h9H,2-7H2,1H3. The van der Waals surface area contributed by atoms with Crippen LogP contribution in [0.1, 0.15) is 32.6 Å². The largest absolute Gasteiger partial charge is 0.288 e. The van der Waals surface area contributed by atoms with Crippen LogP contribution in [-0.4, -0.2) is 24.0 Å². The van der Waals surface area contributed by atoms with Crippen LogP contribution in [0.25, 0.3) is 0 Å². The Morgan fingerprint density at radius 2 is 2.00 bits per heavy atom. The van der Waals surface area contributed by atoms with Crippen LogP contribution >= 0.6 is 0 Å². The van der Waals surface area contributed by atoms with Gasteiger partial charge < -0.3 is 0 Å². The molecule has 0 amide bonds. The number of likely N-dealkylation sites (tertiary alicyclic amines) is 1. The minimum atomic E-state index is 0.176. The second kappa shape index (κ2) is 4.35. The summed E-state index contributed by atoms with van der Waals surface area (Å²) in [4.78, 5) is 2.31. The Kier molecular flexibility index (Phi) is 3.38. The molecule has 0 spiro atoms. The number of hydrogen-bond acceptors (Lipinski definition) is 2. The molecule has 0 N–H and O–H groups in total. The van der Waals surface area contributed by atoms with Crippen molar-refractivity contribution in [1.82, 2.24) is 4.90 Å². The van der Waals surface area contributed by atoms with Gasteiger partial charge in [-0.05, 0) is 32.4 Å². The predicted molar refractivity (Wildman–Crippen MR) is 45.1 cm³/mol. The highest BCUT2D eigenvalue weighted by Crippen LogP contribution is 2.13. The van der Waals surface area contributed by atoms with Gasteiger partial charge in [0.25, 0.3) is 0 Å². The van der Waals surface area contributed by atoms with Crippen LogP contribution in [0.15, 0.2) is 0 Å². The second-order valence-electron chi connectivity index (χ2n) is 3.15. The first-order chi connectivity index (χ1) is 5.38. The molecule has 1 aliphatic heterocycles. The molecule has 1 atom stereocenters. The van der Waals surface area contributed by atoms with Crippen LogP contribution in [0.2, 0.25) is 0 Å². The third kappa shape index (κ3) is 2.20.